The molecule has 1 heterocycles. The molecule has 1 amide bonds. The minimum atomic E-state index is -4.95. The first-order chi connectivity index (χ1) is 15.7. The van der Waals surface area contributed by atoms with Crippen LogP contribution in [0.5, 0.6) is 0 Å². The average molecular weight is 537 g/mol. The Bertz CT molecular complexity index is 1310. The molecule has 1 aliphatic rings. The Kier molecular flexibility index (Phi) is 7.17. The minimum Gasteiger partial charge on any atom is -0.374 e. The first-order valence-corrected chi connectivity index (χ1v) is 12.5. The van der Waals surface area contributed by atoms with Crippen molar-refractivity contribution in [1.29, 1.82) is 0 Å². The highest BCUT2D eigenvalue weighted by Crippen LogP contribution is 2.50. The predicted molar refractivity (Wildman–Crippen MR) is 123 cm³/mol. The van der Waals surface area contributed by atoms with Crippen molar-refractivity contribution in [3.8, 4) is 0 Å². The maximum Gasteiger partial charge on any atom is 0.435 e. The first kappa shape index (κ1) is 26.2. The molecule has 0 spiro atoms. The number of carbonyl (C=O) groups is 1. The molecule has 182 valence electrons. The van der Waals surface area contributed by atoms with Crippen LogP contribution in [0.15, 0.2) is 52.5 Å². The summed E-state index contributed by atoms with van der Waals surface area (Å²) < 4.78 is 72.3. The van der Waals surface area contributed by atoms with Crippen molar-refractivity contribution in [2.75, 3.05) is 12.0 Å². The third kappa shape index (κ3) is 4.99. The Hall–Kier alpha value is -2.43. The molecule has 2 atom stereocenters. The molecule has 0 N–H and O–H groups in total. The van der Waals surface area contributed by atoms with Crippen LogP contribution in [0.1, 0.15) is 33.5 Å². The van der Waals surface area contributed by atoms with Crippen LogP contribution in [0, 0.1) is 12.7 Å². The van der Waals surface area contributed by atoms with Gasteiger partial charge in [-0.1, -0.05) is 40.5 Å². The van der Waals surface area contributed by atoms with Gasteiger partial charge in [0.1, 0.15) is 0 Å². The Morgan fingerprint density at radius 2 is 1.91 bits per heavy atom. The van der Waals surface area contributed by atoms with Crippen LogP contribution in [0.3, 0.4) is 0 Å². The summed E-state index contributed by atoms with van der Waals surface area (Å²) >= 11 is 11.4. The van der Waals surface area contributed by atoms with Gasteiger partial charge in [0.2, 0.25) is 0 Å². The number of nitrogens with zero attached hydrogens (tertiary/aromatic N) is 2. The SMILES string of the molecule is C=CCS(C)(=O)=NC(=O)c1ccc(C2=NOC(c3cc(Cl)c(F)c(Cl)c3)(C(F)(F)F)C2)cc1C. The number of hydrogen-bond donors (Lipinski definition) is 0. The molecule has 0 fully saturated rings. The molecule has 1 aliphatic heterocycles. The van der Waals surface area contributed by atoms with Crippen molar-refractivity contribution in [2.45, 2.75) is 25.1 Å². The molecule has 0 radical (unpaired) electrons. The molecule has 0 aromatic heterocycles. The second-order valence-electron chi connectivity index (χ2n) is 7.73. The van der Waals surface area contributed by atoms with E-state index in [-0.39, 0.29) is 22.6 Å². The summed E-state index contributed by atoms with van der Waals surface area (Å²) in [7, 11) is -2.80. The molecule has 0 aliphatic carbocycles. The van der Waals surface area contributed by atoms with Gasteiger partial charge in [0.25, 0.3) is 11.5 Å². The number of aryl methyl sites for hydroxylation is 1. The number of rotatable bonds is 5. The van der Waals surface area contributed by atoms with Crippen LogP contribution in [-0.4, -0.2) is 34.0 Å². The summed E-state index contributed by atoms with van der Waals surface area (Å²) in [5.41, 5.74) is -2.69. The Labute approximate surface area is 203 Å². The predicted octanol–water partition coefficient (Wildman–Crippen LogP) is 6.45. The highest BCUT2D eigenvalue weighted by molar-refractivity contribution is 7.93. The third-order valence-electron chi connectivity index (χ3n) is 5.13. The lowest BCUT2D eigenvalue weighted by molar-refractivity contribution is -0.275. The van der Waals surface area contributed by atoms with Crippen molar-refractivity contribution in [2.24, 2.45) is 9.52 Å². The molecule has 5 nitrogen and oxygen atoms in total. The summed E-state index contributed by atoms with van der Waals surface area (Å²) in [4.78, 5) is 17.4. The third-order valence-corrected chi connectivity index (χ3v) is 7.09. The molecular weight excluding hydrogens is 519 g/mol. The van der Waals surface area contributed by atoms with Crippen LogP contribution in [0.4, 0.5) is 17.6 Å². The summed E-state index contributed by atoms with van der Waals surface area (Å²) in [5, 5.41) is 2.46. The van der Waals surface area contributed by atoms with Crippen molar-refractivity contribution >= 4 is 44.5 Å². The fourth-order valence-electron chi connectivity index (χ4n) is 3.41. The number of hydrogen-bond acceptors (Lipinski definition) is 4. The van der Waals surface area contributed by atoms with Crippen molar-refractivity contribution in [1.82, 2.24) is 0 Å². The molecule has 12 heteroatoms. The maximum absolute atomic E-state index is 14.2. The summed E-state index contributed by atoms with van der Waals surface area (Å²) in [5.74, 6) is -1.74. The Morgan fingerprint density at radius 3 is 2.44 bits per heavy atom. The van der Waals surface area contributed by atoms with Crippen LogP contribution in [-0.2, 0) is 20.2 Å². The van der Waals surface area contributed by atoms with E-state index in [9.17, 15) is 26.6 Å². The van der Waals surface area contributed by atoms with Gasteiger partial charge in [-0.15, -0.1) is 6.58 Å². The zero-order valence-electron chi connectivity index (χ0n) is 17.9. The quantitative estimate of drug-likeness (QED) is 0.250. The second-order valence-corrected chi connectivity index (χ2v) is 11.0. The molecule has 2 aromatic rings. The number of alkyl halides is 3. The number of oxime groups is 1. The number of amides is 1. The van der Waals surface area contributed by atoms with E-state index in [0.29, 0.717) is 5.56 Å². The van der Waals surface area contributed by atoms with E-state index in [4.69, 9.17) is 28.0 Å². The van der Waals surface area contributed by atoms with E-state index in [0.717, 1.165) is 12.1 Å². The van der Waals surface area contributed by atoms with Gasteiger partial charge >= 0.3 is 6.18 Å². The van der Waals surface area contributed by atoms with Gasteiger partial charge in [0, 0.05) is 29.6 Å². The number of halogens is 6. The van der Waals surface area contributed by atoms with Gasteiger partial charge in [0.05, 0.1) is 25.5 Å². The highest BCUT2D eigenvalue weighted by Gasteiger charge is 2.62. The molecular formula is C22H18Cl2F4N2O3S. The summed E-state index contributed by atoms with van der Waals surface area (Å²) in [6.45, 7) is 5.03. The minimum absolute atomic E-state index is 0.0287. The second kappa shape index (κ2) is 9.31. The van der Waals surface area contributed by atoms with E-state index < -0.39 is 55.3 Å². The number of carbonyl (C=O) groups excluding carboxylic acids is 1. The zero-order valence-corrected chi connectivity index (χ0v) is 20.2. The fraction of sp³-hybridized carbons (Fsp3) is 0.273. The van der Waals surface area contributed by atoms with Gasteiger partial charge in [-0.05, 0) is 42.3 Å². The van der Waals surface area contributed by atoms with E-state index in [1.54, 1.807) is 6.92 Å². The molecule has 2 unspecified atom stereocenters. The standard InChI is InChI=1S/C22H18Cl2F4N2O3S/c1-4-7-34(3,32)30-20(31)15-6-5-13(8-12(15)2)18-11-21(33-29-18,22(26,27)28)14-9-16(23)19(25)17(24)10-14/h4-6,8-10H,1,7,11H2,2-3H3. The monoisotopic (exact) mass is 536 g/mol. The van der Waals surface area contributed by atoms with Crippen LogP contribution in [0.2, 0.25) is 10.0 Å². The molecule has 0 saturated heterocycles. The first-order valence-electron chi connectivity index (χ1n) is 9.63. The number of benzene rings is 2. The van der Waals surface area contributed by atoms with Gasteiger partial charge < -0.3 is 4.84 Å². The lowest BCUT2D eigenvalue weighted by Crippen LogP contribution is -2.42. The van der Waals surface area contributed by atoms with E-state index >= 15 is 0 Å². The lowest BCUT2D eigenvalue weighted by atomic mass is 9.86. The Balaban J connectivity index is 1.97. The van der Waals surface area contributed by atoms with Crippen molar-refractivity contribution in [3.63, 3.8) is 0 Å². The van der Waals surface area contributed by atoms with Gasteiger partial charge in [-0.25, -0.2) is 8.60 Å². The van der Waals surface area contributed by atoms with E-state index in [2.05, 4.69) is 16.1 Å². The Morgan fingerprint density at radius 1 is 1.29 bits per heavy atom. The van der Waals surface area contributed by atoms with Crippen molar-refractivity contribution in [3.05, 3.63) is 81.1 Å². The van der Waals surface area contributed by atoms with Gasteiger partial charge in [0.15, 0.2) is 5.82 Å². The molecule has 34 heavy (non-hydrogen) atoms. The van der Waals surface area contributed by atoms with Gasteiger partial charge in [-0.2, -0.15) is 17.5 Å². The summed E-state index contributed by atoms with van der Waals surface area (Å²) in [6, 6.07) is 5.80. The molecule has 2 aromatic carbocycles. The van der Waals surface area contributed by atoms with Crippen molar-refractivity contribution < 1.29 is 31.4 Å². The van der Waals surface area contributed by atoms with E-state index in [1.165, 1.54) is 30.5 Å². The summed E-state index contributed by atoms with van der Waals surface area (Å²) in [6.07, 6.45) is -2.97. The topological polar surface area (TPSA) is 68.1 Å². The smallest absolute Gasteiger partial charge is 0.374 e. The zero-order chi connectivity index (χ0) is 25.5. The largest absolute Gasteiger partial charge is 0.435 e. The molecule has 3 rings (SSSR count). The highest BCUT2D eigenvalue weighted by atomic mass is 35.5. The van der Waals surface area contributed by atoms with Gasteiger partial charge in [-0.3, -0.25) is 4.79 Å². The van der Waals surface area contributed by atoms with Crippen LogP contribution < -0.4 is 0 Å². The lowest BCUT2D eigenvalue weighted by Gasteiger charge is -2.29. The normalized spacial score (nSPS) is 19.7. The average Bonchev–Trinajstić information content (AvgIpc) is 3.18. The fourth-order valence-corrected chi connectivity index (χ4v) is 4.86. The maximum atomic E-state index is 14.2. The molecule has 0 bridgehead atoms. The molecule has 0 saturated carbocycles. The van der Waals surface area contributed by atoms with E-state index in [1.807, 2.05) is 0 Å². The van der Waals surface area contributed by atoms with Crippen LogP contribution >= 0.6 is 23.2 Å². The van der Waals surface area contributed by atoms with Crippen LogP contribution in [0.25, 0.3) is 0 Å².